The van der Waals surface area contributed by atoms with E-state index in [-0.39, 0.29) is 5.90 Å². The van der Waals surface area contributed by atoms with E-state index in [1.807, 2.05) is 37.3 Å². The number of hydrogen-bond donors (Lipinski definition) is 3. The highest BCUT2D eigenvalue weighted by molar-refractivity contribution is 6.31. The minimum absolute atomic E-state index is 0.196. The van der Waals surface area contributed by atoms with Gasteiger partial charge in [0.1, 0.15) is 18.0 Å². The third-order valence-corrected chi connectivity index (χ3v) is 5.21. The number of methoxy groups -OCH3 is 1. The van der Waals surface area contributed by atoms with Crippen molar-refractivity contribution in [3.05, 3.63) is 64.2 Å². The Morgan fingerprint density at radius 3 is 2.45 bits per heavy atom. The van der Waals surface area contributed by atoms with Gasteiger partial charge in [-0.15, -0.1) is 0 Å². The molecule has 1 aliphatic rings. The number of aliphatic hydroxyl groups excluding tert-OH is 2. The van der Waals surface area contributed by atoms with Gasteiger partial charge in [0.15, 0.2) is 12.2 Å². The Hall–Kier alpha value is -2.32. The third kappa shape index (κ3) is 4.64. The lowest BCUT2D eigenvalue weighted by molar-refractivity contribution is -0.130. The summed E-state index contributed by atoms with van der Waals surface area (Å²) >= 11 is 6.37. The predicted octanol–water partition coefficient (Wildman–Crippen LogP) is 2.93. The van der Waals surface area contributed by atoms with Crippen molar-refractivity contribution in [2.45, 2.75) is 37.8 Å². The molecule has 1 saturated heterocycles. The fourth-order valence-electron chi connectivity index (χ4n) is 3.35. The van der Waals surface area contributed by atoms with Crippen molar-refractivity contribution in [1.82, 2.24) is 0 Å². The van der Waals surface area contributed by atoms with Crippen molar-refractivity contribution < 1.29 is 29.6 Å². The van der Waals surface area contributed by atoms with Crippen LogP contribution >= 0.6 is 11.6 Å². The molecule has 0 aromatic heterocycles. The monoisotopic (exact) mass is 421 g/mol. The molecule has 0 bridgehead atoms. The maximum Gasteiger partial charge on any atom is 0.258 e. The number of nitrogens with zero attached hydrogens (tertiary/aromatic N) is 1. The van der Waals surface area contributed by atoms with Gasteiger partial charge in [-0.1, -0.05) is 41.0 Å². The minimum atomic E-state index is -1.31. The maximum absolute atomic E-state index is 10.5. The fourth-order valence-corrected chi connectivity index (χ4v) is 3.54. The van der Waals surface area contributed by atoms with E-state index in [1.54, 1.807) is 12.1 Å². The molecule has 156 valence electrons. The summed E-state index contributed by atoms with van der Waals surface area (Å²) in [5.41, 5.74) is 2.46. The molecule has 1 fully saturated rings. The van der Waals surface area contributed by atoms with E-state index in [2.05, 4.69) is 5.16 Å². The zero-order chi connectivity index (χ0) is 21.0. The van der Waals surface area contributed by atoms with Crippen LogP contribution in [-0.4, -0.2) is 53.3 Å². The first-order valence-corrected chi connectivity index (χ1v) is 9.63. The number of halogens is 1. The molecule has 0 aliphatic carbocycles. The number of oxime groups is 1. The first-order chi connectivity index (χ1) is 14.0. The molecule has 3 rings (SSSR count). The number of rotatable bonds is 6. The van der Waals surface area contributed by atoms with Crippen molar-refractivity contribution in [2.75, 3.05) is 13.7 Å². The first-order valence-electron chi connectivity index (χ1n) is 9.26. The van der Waals surface area contributed by atoms with Crippen molar-refractivity contribution in [1.29, 1.82) is 0 Å². The Morgan fingerprint density at radius 2 is 1.83 bits per heavy atom. The average molecular weight is 422 g/mol. The first kappa shape index (κ1) is 21.4. The fraction of sp³-hybridized carbons (Fsp3) is 0.381. The van der Waals surface area contributed by atoms with Crippen molar-refractivity contribution in [3.8, 4) is 5.75 Å². The van der Waals surface area contributed by atoms with E-state index < -0.39 is 24.4 Å². The highest BCUT2D eigenvalue weighted by Gasteiger charge is 2.44. The summed E-state index contributed by atoms with van der Waals surface area (Å²) in [4.78, 5) is 0. The lowest BCUT2D eigenvalue weighted by Gasteiger charge is -2.37. The third-order valence-electron chi connectivity index (χ3n) is 4.84. The molecule has 1 heterocycles. The van der Waals surface area contributed by atoms with Crippen LogP contribution in [0.5, 0.6) is 5.75 Å². The van der Waals surface area contributed by atoms with Crippen LogP contribution in [0.15, 0.2) is 47.6 Å². The number of benzene rings is 2. The maximum atomic E-state index is 10.5. The Bertz CT molecular complexity index is 857. The van der Waals surface area contributed by atoms with Crippen LogP contribution in [0, 0.1) is 0 Å². The molecule has 2 aromatic carbocycles. The van der Waals surface area contributed by atoms with Gasteiger partial charge in [-0.25, -0.2) is 0 Å². The van der Waals surface area contributed by atoms with Gasteiger partial charge in [0.2, 0.25) is 0 Å². The van der Waals surface area contributed by atoms with Crippen molar-refractivity contribution in [3.63, 3.8) is 0 Å². The van der Waals surface area contributed by atoms with E-state index in [4.69, 9.17) is 25.8 Å². The molecule has 8 heteroatoms. The average Bonchev–Trinajstić information content (AvgIpc) is 2.73. The molecule has 29 heavy (non-hydrogen) atoms. The molecule has 1 aliphatic heterocycles. The largest absolute Gasteiger partial charge is 0.494 e. The summed E-state index contributed by atoms with van der Waals surface area (Å²) in [5, 5.41) is 33.6. The second-order valence-corrected chi connectivity index (χ2v) is 7.13. The van der Waals surface area contributed by atoms with Crippen molar-refractivity contribution in [2.24, 2.45) is 5.16 Å². The van der Waals surface area contributed by atoms with E-state index in [1.165, 1.54) is 7.11 Å². The summed E-state index contributed by atoms with van der Waals surface area (Å²) < 4.78 is 16.1. The molecule has 0 amide bonds. The normalized spacial score (nSPS) is 25.6. The molecule has 0 unspecified atom stereocenters. The molecule has 7 nitrogen and oxygen atoms in total. The second kappa shape index (κ2) is 9.45. The Labute approximate surface area is 174 Å². The SMILES string of the molecule is CCOc1ccc(Cc2cc([C@@H]3O/C(=N\O)[C@@H](OC)[C@H](O)[C@H]3O)ccc2Cl)cc1. The van der Waals surface area contributed by atoms with Crippen LogP contribution in [0.4, 0.5) is 0 Å². The smallest absolute Gasteiger partial charge is 0.258 e. The number of aliphatic hydroxyl groups is 2. The van der Waals surface area contributed by atoms with Crippen LogP contribution in [-0.2, 0) is 15.9 Å². The topological polar surface area (TPSA) is 101 Å². The van der Waals surface area contributed by atoms with Gasteiger partial charge in [-0.3, -0.25) is 0 Å². The highest BCUT2D eigenvalue weighted by Crippen LogP contribution is 2.33. The van der Waals surface area contributed by atoms with Gasteiger partial charge < -0.3 is 29.6 Å². The molecular formula is C21H24ClNO6. The van der Waals surface area contributed by atoms with Crippen LogP contribution in [0.25, 0.3) is 0 Å². The van der Waals surface area contributed by atoms with Gasteiger partial charge in [-0.2, -0.15) is 0 Å². The zero-order valence-corrected chi connectivity index (χ0v) is 16.9. The van der Waals surface area contributed by atoms with Crippen LogP contribution in [0.1, 0.15) is 29.7 Å². The standard InChI is InChI=1S/C21H24ClNO6/c1-3-28-15-7-4-12(5-8-15)10-14-11-13(6-9-16(14)22)19-17(24)18(25)20(27-2)21(23-26)29-19/h4-9,11,17-20,24-26H,3,10H2,1-2H3/b23-21-/t17-,18-,19+,20+/m1/s1. The van der Waals surface area contributed by atoms with Crippen LogP contribution < -0.4 is 4.74 Å². The predicted molar refractivity (Wildman–Crippen MR) is 108 cm³/mol. The number of ether oxygens (including phenoxy) is 3. The Morgan fingerprint density at radius 1 is 1.10 bits per heavy atom. The molecule has 0 saturated carbocycles. The van der Waals surface area contributed by atoms with Crippen LogP contribution in [0.3, 0.4) is 0 Å². The van der Waals surface area contributed by atoms with Gasteiger partial charge in [0, 0.05) is 12.1 Å². The van der Waals surface area contributed by atoms with Gasteiger partial charge in [0.25, 0.3) is 5.90 Å². The molecule has 3 N–H and O–H groups in total. The van der Waals surface area contributed by atoms with E-state index in [0.29, 0.717) is 23.6 Å². The lowest BCUT2D eigenvalue weighted by Crippen LogP contribution is -2.52. The molecule has 2 aromatic rings. The van der Waals surface area contributed by atoms with E-state index in [9.17, 15) is 15.4 Å². The highest BCUT2D eigenvalue weighted by atomic mass is 35.5. The summed E-state index contributed by atoms with van der Waals surface area (Å²) in [5.74, 6) is 0.602. The summed E-state index contributed by atoms with van der Waals surface area (Å²) in [7, 11) is 1.33. The lowest BCUT2D eigenvalue weighted by atomic mass is 9.92. The van der Waals surface area contributed by atoms with Crippen molar-refractivity contribution >= 4 is 17.5 Å². The zero-order valence-electron chi connectivity index (χ0n) is 16.2. The second-order valence-electron chi connectivity index (χ2n) is 6.72. The van der Waals surface area contributed by atoms with Gasteiger partial charge in [0.05, 0.1) is 6.61 Å². The molecule has 0 radical (unpaired) electrons. The summed E-state index contributed by atoms with van der Waals surface area (Å²) in [6.45, 7) is 2.53. The van der Waals surface area contributed by atoms with E-state index >= 15 is 0 Å². The van der Waals surface area contributed by atoms with Crippen LogP contribution in [0.2, 0.25) is 5.02 Å². The quantitative estimate of drug-likeness (QED) is 0.489. The molecular weight excluding hydrogens is 398 g/mol. The Kier molecular flexibility index (Phi) is 6.97. The molecule has 4 atom stereocenters. The summed E-state index contributed by atoms with van der Waals surface area (Å²) in [6, 6.07) is 12.9. The van der Waals surface area contributed by atoms with Gasteiger partial charge in [-0.05, 0) is 48.2 Å². The van der Waals surface area contributed by atoms with E-state index in [0.717, 1.165) is 16.9 Å². The van der Waals surface area contributed by atoms with Gasteiger partial charge >= 0.3 is 0 Å². The summed E-state index contributed by atoms with van der Waals surface area (Å²) in [6.07, 6.45) is -4.01. The Balaban J connectivity index is 1.84. The minimum Gasteiger partial charge on any atom is -0.494 e. The number of hydrogen-bond acceptors (Lipinski definition) is 7. The molecule has 0 spiro atoms.